The summed E-state index contributed by atoms with van der Waals surface area (Å²) in [6, 6.07) is 17.1. The molecule has 0 spiro atoms. The lowest BCUT2D eigenvalue weighted by Gasteiger charge is -2.36. The highest BCUT2D eigenvalue weighted by Gasteiger charge is 2.33. The van der Waals surface area contributed by atoms with Gasteiger partial charge in [-0.05, 0) is 34.6 Å². The summed E-state index contributed by atoms with van der Waals surface area (Å²) in [7, 11) is 0. The van der Waals surface area contributed by atoms with Gasteiger partial charge in [0.2, 0.25) is 0 Å². The van der Waals surface area contributed by atoms with Gasteiger partial charge < -0.3 is 5.11 Å². The van der Waals surface area contributed by atoms with Crippen LogP contribution in [0.3, 0.4) is 0 Å². The van der Waals surface area contributed by atoms with E-state index in [-0.39, 0.29) is 12.3 Å². The van der Waals surface area contributed by atoms with Crippen LogP contribution in [0.25, 0.3) is 0 Å². The Bertz CT molecular complexity index is 640. The van der Waals surface area contributed by atoms with E-state index in [1.54, 1.807) is 0 Å². The first kappa shape index (κ1) is 14.8. The average molecular weight is 294 g/mol. The quantitative estimate of drug-likeness (QED) is 0.880. The number of aliphatic carboxylic acids is 1. The molecule has 2 aromatic carbocycles. The largest absolute Gasteiger partial charge is 0.481 e. The number of carbonyl (C=O) groups is 1. The van der Waals surface area contributed by atoms with E-state index in [9.17, 15) is 4.79 Å². The Morgan fingerprint density at radius 1 is 0.955 bits per heavy atom. The van der Waals surface area contributed by atoms with E-state index in [1.165, 1.54) is 22.3 Å². The normalized spacial score (nSPS) is 19.6. The Hall–Kier alpha value is -2.09. The topological polar surface area (TPSA) is 37.3 Å². The smallest absolute Gasteiger partial charge is 0.303 e. The number of fused-ring (bicyclic) bond motifs is 2. The van der Waals surface area contributed by atoms with Gasteiger partial charge in [0.05, 0.1) is 0 Å². The van der Waals surface area contributed by atoms with Gasteiger partial charge in [-0.1, -0.05) is 62.4 Å². The summed E-state index contributed by atoms with van der Waals surface area (Å²) in [5, 5.41) is 9.08. The lowest BCUT2D eigenvalue weighted by molar-refractivity contribution is -0.137. The van der Waals surface area contributed by atoms with Crippen LogP contribution in [-0.2, 0) is 4.79 Å². The number of hydrogen-bond donors (Lipinski definition) is 1. The minimum atomic E-state index is -0.721. The van der Waals surface area contributed by atoms with Crippen molar-refractivity contribution in [1.82, 2.24) is 0 Å². The van der Waals surface area contributed by atoms with Gasteiger partial charge in [0, 0.05) is 18.3 Å². The highest BCUT2D eigenvalue weighted by atomic mass is 16.4. The molecule has 0 fully saturated rings. The Balaban J connectivity index is 2.14. The van der Waals surface area contributed by atoms with Crippen molar-refractivity contribution in [3.63, 3.8) is 0 Å². The number of carboxylic acids is 1. The summed E-state index contributed by atoms with van der Waals surface area (Å²) in [6.07, 6.45) is 0.869. The zero-order chi connectivity index (χ0) is 15.7. The second-order valence-corrected chi connectivity index (χ2v) is 6.46. The fourth-order valence-electron chi connectivity index (χ4n) is 3.86. The van der Waals surface area contributed by atoms with Crippen molar-refractivity contribution in [3.05, 3.63) is 70.8 Å². The lowest BCUT2D eigenvalue weighted by Crippen LogP contribution is -2.22. The standard InChI is InChI=1S/C20H22O2/c1-13(2)20-17-9-5-3-7-14(17)16(11-12-19(21)22)15-8-4-6-10-18(15)20/h3-10,13,16,20H,11-12H2,1-2H3,(H,21,22). The fourth-order valence-corrected chi connectivity index (χ4v) is 3.86. The molecule has 22 heavy (non-hydrogen) atoms. The molecular weight excluding hydrogens is 272 g/mol. The van der Waals surface area contributed by atoms with Crippen molar-refractivity contribution in [2.24, 2.45) is 5.92 Å². The van der Waals surface area contributed by atoms with Crippen molar-refractivity contribution in [2.75, 3.05) is 0 Å². The van der Waals surface area contributed by atoms with E-state index < -0.39 is 5.97 Å². The Morgan fingerprint density at radius 2 is 1.41 bits per heavy atom. The van der Waals surface area contributed by atoms with E-state index in [1.807, 2.05) is 0 Å². The summed E-state index contributed by atoms with van der Waals surface area (Å²) in [4.78, 5) is 11.0. The van der Waals surface area contributed by atoms with Crippen LogP contribution >= 0.6 is 0 Å². The molecule has 1 aliphatic rings. The molecular formula is C20H22O2. The fraction of sp³-hybridized carbons (Fsp3) is 0.350. The lowest BCUT2D eigenvalue weighted by atomic mass is 9.68. The maximum absolute atomic E-state index is 11.0. The maximum Gasteiger partial charge on any atom is 0.303 e. The molecule has 0 amide bonds. The van der Waals surface area contributed by atoms with Gasteiger partial charge in [-0.3, -0.25) is 4.79 Å². The summed E-state index contributed by atoms with van der Waals surface area (Å²) in [6.45, 7) is 4.52. The van der Waals surface area contributed by atoms with Crippen LogP contribution in [0.15, 0.2) is 48.5 Å². The van der Waals surface area contributed by atoms with Crippen LogP contribution < -0.4 is 0 Å². The summed E-state index contributed by atoms with van der Waals surface area (Å²) in [5.41, 5.74) is 5.35. The number of benzene rings is 2. The van der Waals surface area contributed by atoms with Crippen molar-refractivity contribution < 1.29 is 9.90 Å². The Kier molecular flexibility index (Phi) is 4.02. The minimum absolute atomic E-state index is 0.193. The van der Waals surface area contributed by atoms with Crippen LogP contribution in [-0.4, -0.2) is 11.1 Å². The predicted molar refractivity (Wildman–Crippen MR) is 88.3 cm³/mol. The Labute approximate surface area is 131 Å². The Morgan fingerprint density at radius 3 is 1.82 bits per heavy atom. The monoisotopic (exact) mass is 294 g/mol. The van der Waals surface area contributed by atoms with E-state index in [4.69, 9.17) is 5.11 Å². The zero-order valence-corrected chi connectivity index (χ0v) is 13.1. The molecule has 0 bridgehead atoms. The van der Waals surface area contributed by atoms with Crippen molar-refractivity contribution in [1.29, 1.82) is 0 Å². The van der Waals surface area contributed by atoms with Gasteiger partial charge in [-0.15, -0.1) is 0 Å². The van der Waals surface area contributed by atoms with Gasteiger partial charge in [-0.25, -0.2) is 0 Å². The molecule has 0 radical (unpaired) electrons. The molecule has 0 saturated heterocycles. The first-order valence-electron chi connectivity index (χ1n) is 7.99. The van der Waals surface area contributed by atoms with Crippen molar-refractivity contribution in [2.45, 2.75) is 38.5 Å². The first-order valence-corrected chi connectivity index (χ1v) is 7.99. The maximum atomic E-state index is 11.0. The van der Waals surface area contributed by atoms with Crippen LogP contribution in [0.5, 0.6) is 0 Å². The number of rotatable bonds is 4. The molecule has 1 N–H and O–H groups in total. The molecule has 3 rings (SSSR count). The number of carboxylic acid groups (broad SMARTS) is 1. The van der Waals surface area contributed by atoms with E-state index >= 15 is 0 Å². The third kappa shape index (κ3) is 2.54. The zero-order valence-electron chi connectivity index (χ0n) is 13.1. The van der Waals surface area contributed by atoms with Gasteiger partial charge in [-0.2, -0.15) is 0 Å². The molecule has 0 saturated carbocycles. The van der Waals surface area contributed by atoms with E-state index in [0.717, 1.165) is 0 Å². The van der Waals surface area contributed by atoms with Crippen LogP contribution in [0.4, 0.5) is 0 Å². The van der Waals surface area contributed by atoms with Gasteiger partial charge in [0.25, 0.3) is 0 Å². The van der Waals surface area contributed by atoms with Crippen molar-refractivity contribution >= 4 is 5.97 Å². The molecule has 0 atom stereocenters. The second-order valence-electron chi connectivity index (χ2n) is 6.46. The molecule has 0 aromatic heterocycles. The minimum Gasteiger partial charge on any atom is -0.481 e. The molecule has 0 unspecified atom stereocenters. The number of hydrogen-bond acceptors (Lipinski definition) is 1. The molecule has 2 nitrogen and oxygen atoms in total. The summed E-state index contributed by atoms with van der Waals surface area (Å²) >= 11 is 0. The third-order valence-corrected chi connectivity index (χ3v) is 4.73. The molecule has 0 aliphatic heterocycles. The highest BCUT2D eigenvalue weighted by molar-refractivity contribution is 5.67. The molecule has 1 aliphatic carbocycles. The molecule has 114 valence electrons. The highest BCUT2D eigenvalue weighted by Crippen LogP contribution is 2.47. The molecule has 0 heterocycles. The van der Waals surface area contributed by atoms with Gasteiger partial charge in [0.1, 0.15) is 0 Å². The predicted octanol–water partition coefficient (Wildman–Crippen LogP) is 4.78. The van der Waals surface area contributed by atoms with Crippen LogP contribution in [0.2, 0.25) is 0 Å². The third-order valence-electron chi connectivity index (χ3n) is 4.73. The summed E-state index contributed by atoms with van der Waals surface area (Å²) < 4.78 is 0. The summed E-state index contributed by atoms with van der Waals surface area (Å²) in [5.74, 6) is 0.385. The van der Waals surface area contributed by atoms with Gasteiger partial charge >= 0.3 is 5.97 Å². The SMILES string of the molecule is CC(C)C1c2ccccc2C(CCC(=O)O)c2ccccc21. The van der Waals surface area contributed by atoms with Crippen molar-refractivity contribution in [3.8, 4) is 0 Å². The molecule has 2 heteroatoms. The molecule has 2 aromatic rings. The van der Waals surface area contributed by atoms with Gasteiger partial charge in [0.15, 0.2) is 0 Å². The van der Waals surface area contributed by atoms with Crippen LogP contribution in [0, 0.1) is 5.92 Å². The average Bonchev–Trinajstić information content (AvgIpc) is 2.50. The first-order chi connectivity index (χ1) is 10.6. The van der Waals surface area contributed by atoms with E-state index in [0.29, 0.717) is 18.3 Å². The van der Waals surface area contributed by atoms with Crippen LogP contribution in [0.1, 0.15) is 60.8 Å². The second kappa shape index (κ2) is 5.96. The van der Waals surface area contributed by atoms with E-state index in [2.05, 4.69) is 62.4 Å².